The van der Waals surface area contributed by atoms with Crippen LogP contribution in [0.15, 0.2) is 59.4 Å². The van der Waals surface area contributed by atoms with Crippen molar-refractivity contribution in [3.8, 4) is 0 Å². The predicted octanol–water partition coefficient (Wildman–Crippen LogP) is 0.610. The maximum Gasteiger partial charge on any atom is 0.296 e. The van der Waals surface area contributed by atoms with E-state index in [9.17, 15) is 19.5 Å². The molecule has 0 N–H and O–H groups in total. The minimum atomic E-state index is -1.26. The van der Waals surface area contributed by atoms with Gasteiger partial charge in [-0.15, -0.1) is 0 Å². The number of hydrogen-bond donors (Lipinski definition) is 0. The van der Waals surface area contributed by atoms with E-state index in [-0.39, 0.29) is 36.6 Å². The lowest BCUT2D eigenvalue weighted by Gasteiger charge is -2.06. The van der Waals surface area contributed by atoms with Crippen LogP contribution in [0, 0.1) is 0 Å². The summed E-state index contributed by atoms with van der Waals surface area (Å²) in [6.07, 6.45) is -0.388. The SMILES string of the molecule is O=C([O-])CCc1nn2c3ccccc3n(CC(=O)c3ccccc3)c2nc1=O. The van der Waals surface area contributed by atoms with E-state index >= 15 is 0 Å². The molecule has 0 aliphatic rings. The van der Waals surface area contributed by atoms with Crippen molar-refractivity contribution in [2.75, 3.05) is 0 Å². The minimum Gasteiger partial charge on any atom is -0.550 e. The number of aryl methyl sites for hydroxylation is 1. The topological polar surface area (TPSA) is 109 Å². The van der Waals surface area contributed by atoms with Gasteiger partial charge in [0.05, 0.1) is 17.6 Å². The van der Waals surface area contributed by atoms with Crippen molar-refractivity contribution >= 4 is 28.6 Å². The largest absolute Gasteiger partial charge is 0.550 e. The molecule has 0 amide bonds. The molecular weight excluding hydrogens is 360 g/mol. The number of benzene rings is 2. The molecule has 4 rings (SSSR count). The number of hydrogen-bond acceptors (Lipinski definition) is 6. The van der Waals surface area contributed by atoms with Crippen LogP contribution in [0.5, 0.6) is 0 Å². The predicted molar refractivity (Wildman–Crippen MR) is 98.9 cm³/mol. The average Bonchev–Trinajstić information content (AvgIpc) is 2.99. The summed E-state index contributed by atoms with van der Waals surface area (Å²) in [5.74, 6) is -1.16. The van der Waals surface area contributed by atoms with Gasteiger partial charge in [0.2, 0.25) is 5.78 Å². The lowest BCUT2D eigenvalue weighted by Crippen LogP contribution is -2.26. The van der Waals surface area contributed by atoms with Crippen molar-refractivity contribution in [1.29, 1.82) is 0 Å². The Balaban J connectivity index is 1.85. The quantitative estimate of drug-likeness (QED) is 0.457. The Morgan fingerprint density at radius 3 is 2.36 bits per heavy atom. The fraction of sp³-hybridized carbons (Fsp3) is 0.150. The average molecular weight is 375 g/mol. The molecule has 8 nitrogen and oxygen atoms in total. The molecule has 0 saturated carbocycles. The normalized spacial score (nSPS) is 11.1. The van der Waals surface area contributed by atoms with Gasteiger partial charge < -0.3 is 14.5 Å². The van der Waals surface area contributed by atoms with Crippen LogP contribution in [0.2, 0.25) is 0 Å². The summed E-state index contributed by atoms with van der Waals surface area (Å²) in [5, 5.41) is 15.0. The van der Waals surface area contributed by atoms with E-state index in [1.165, 1.54) is 4.52 Å². The van der Waals surface area contributed by atoms with Crippen molar-refractivity contribution in [3.63, 3.8) is 0 Å². The minimum absolute atomic E-state index is 0.00641. The van der Waals surface area contributed by atoms with Crippen molar-refractivity contribution in [1.82, 2.24) is 19.2 Å². The standard InChI is InChI=1S/C20H16N4O4/c25-17(13-6-2-1-3-7-13)12-23-15-8-4-5-9-16(15)24-20(23)21-19(28)14(22-24)10-11-18(26)27/h1-9H,10-12H2,(H,26,27)/p-1. The van der Waals surface area contributed by atoms with E-state index < -0.39 is 11.5 Å². The van der Waals surface area contributed by atoms with Gasteiger partial charge in [-0.05, 0) is 18.6 Å². The van der Waals surface area contributed by atoms with Gasteiger partial charge in [0.15, 0.2) is 5.78 Å². The highest BCUT2D eigenvalue weighted by atomic mass is 16.4. The lowest BCUT2D eigenvalue weighted by molar-refractivity contribution is -0.305. The smallest absolute Gasteiger partial charge is 0.296 e. The van der Waals surface area contributed by atoms with E-state index in [0.29, 0.717) is 16.6 Å². The van der Waals surface area contributed by atoms with Gasteiger partial charge in [-0.3, -0.25) is 9.59 Å². The van der Waals surface area contributed by atoms with E-state index in [4.69, 9.17) is 0 Å². The summed E-state index contributed by atoms with van der Waals surface area (Å²) in [6.45, 7) is -0.00641. The second-order valence-corrected chi connectivity index (χ2v) is 6.31. The number of fused-ring (bicyclic) bond motifs is 3. The van der Waals surface area contributed by atoms with E-state index in [2.05, 4.69) is 10.1 Å². The Bertz CT molecular complexity index is 1260. The highest BCUT2D eigenvalue weighted by Crippen LogP contribution is 2.19. The molecule has 0 unspecified atom stereocenters. The van der Waals surface area contributed by atoms with Gasteiger partial charge in [0.1, 0.15) is 5.69 Å². The van der Waals surface area contributed by atoms with Crippen molar-refractivity contribution in [3.05, 3.63) is 76.2 Å². The summed E-state index contributed by atoms with van der Waals surface area (Å²) in [7, 11) is 0. The van der Waals surface area contributed by atoms with Gasteiger partial charge in [-0.1, -0.05) is 42.5 Å². The van der Waals surface area contributed by atoms with E-state index in [1.807, 2.05) is 24.3 Å². The number of nitrogens with zero attached hydrogens (tertiary/aromatic N) is 4. The lowest BCUT2D eigenvalue weighted by atomic mass is 10.1. The molecule has 2 aromatic heterocycles. The molecule has 0 atom stereocenters. The van der Waals surface area contributed by atoms with Crippen LogP contribution in [0.1, 0.15) is 22.5 Å². The Kier molecular flexibility index (Phi) is 4.44. The Morgan fingerprint density at radius 1 is 0.964 bits per heavy atom. The zero-order valence-electron chi connectivity index (χ0n) is 14.7. The van der Waals surface area contributed by atoms with Gasteiger partial charge in [0.25, 0.3) is 5.56 Å². The third kappa shape index (κ3) is 3.16. The monoisotopic (exact) mass is 375 g/mol. The number of imidazole rings is 1. The molecular formula is C20H15N4O4-. The molecule has 0 spiro atoms. The van der Waals surface area contributed by atoms with Gasteiger partial charge in [-0.25, -0.2) is 0 Å². The maximum absolute atomic E-state index is 12.7. The number of aromatic nitrogens is 4. The Morgan fingerprint density at radius 2 is 1.64 bits per heavy atom. The summed E-state index contributed by atoms with van der Waals surface area (Å²) in [5.41, 5.74) is 1.35. The second kappa shape index (κ2) is 7.07. The van der Waals surface area contributed by atoms with E-state index in [0.717, 1.165) is 0 Å². The van der Waals surface area contributed by atoms with Gasteiger partial charge >= 0.3 is 0 Å². The van der Waals surface area contributed by atoms with Crippen molar-refractivity contribution in [2.45, 2.75) is 19.4 Å². The number of Topliss-reactive ketones (excluding diaryl/α,β-unsaturated/α-hetero) is 1. The number of carbonyl (C=O) groups is 2. The third-order valence-corrected chi connectivity index (χ3v) is 4.46. The number of aliphatic carboxylic acids is 1. The second-order valence-electron chi connectivity index (χ2n) is 6.31. The van der Waals surface area contributed by atoms with Crippen LogP contribution < -0.4 is 10.7 Å². The van der Waals surface area contributed by atoms with E-state index in [1.54, 1.807) is 34.9 Å². The molecule has 0 radical (unpaired) electrons. The molecule has 2 aromatic carbocycles. The molecule has 0 aliphatic carbocycles. The number of para-hydroxylation sites is 2. The zero-order chi connectivity index (χ0) is 19.7. The number of carboxylic acids is 1. The van der Waals surface area contributed by atoms with Crippen LogP contribution >= 0.6 is 0 Å². The molecule has 0 aliphatic heterocycles. The maximum atomic E-state index is 12.7. The van der Waals surface area contributed by atoms with Crippen LogP contribution in [-0.2, 0) is 17.8 Å². The highest BCUT2D eigenvalue weighted by Gasteiger charge is 2.17. The van der Waals surface area contributed by atoms with Crippen LogP contribution in [0.25, 0.3) is 16.8 Å². The van der Waals surface area contributed by atoms with Crippen molar-refractivity contribution < 1.29 is 14.7 Å². The molecule has 140 valence electrons. The fourth-order valence-corrected chi connectivity index (χ4v) is 3.12. The summed E-state index contributed by atoms with van der Waals surface area (Å²) in [4.78, 5) is 39.8. The van der Waals surface area contributed by atoms with Crippen LogP contribution in [0.3, 0.4) is 0 Å². The molecule has 2 heterocycles. The van der Waals surface area contributed by atoms with Crippen LogP contribution in [0.4, 0.5) is 0 Å². The number of rotatable bonds is 6. The number of ketones is 1. The first kappa shape index (κ1) is 17.6. The zero-order valence-corrected chi connectivity index (χ0v) is 14.7. The van der Waals surface area contributed by atoms with Crippen LogP contribution in [-0.4, -0.2) is 30.9 Å². The molecule has 8 heteroatoms. The fourth-order valence-electron chi connectivity index (χ4n) is 3.12. The molecule has 0 bridgehead atoms. The first-order chi connectivity index (χ1) is 13.5. The molecule has 0 fully saturated rings. The molecule has 28 heavy (non-hydrogen) atoms. The van der Waals surface area contributed by atoms with Gasteiger partial charge in [0, 0.05) is 18.0 Å². The molecule has 0 saturated heterocycles. The first-order valence-corrected chi connectivity index (χ1v) is 8.70. The highest BCUT2D eigenvalue weighted by molar-refractivity contribution is 5.97. The van der Waals surface area contributed by atoms with Gasteiger partial charge in [-0.2, -0.15) is 14.6 Å². The number of carboxylic acid groups (broad SMARTS) is 1. The number of carbonyl (C=O) groups excluding carboxylic acids is 2. The Hall–Kier alpha value is -3.81. The summed E-state index contributed by atoms with van der Waals surface area (Å²) in [6, 6.07) is 16.1. The molecule has 4 aromatic rings. The Labute approximate surface area is 158 Å². The summed E-state index contributed by atoms with van der Waals surface area (Å²) < 4.78 is 3.11. The third-order valence-electron chi connectivity index (χ3n) is 4.46. The van der Waals surface area contributed by atoms with Crippen molar-refractivity contribution in [2.24, 2.45) is 0 Å². The summed E-state index contributed by atoms with van der Waals surface area (Å²) >= 11 is 0. The first-order valence-electron chi connectivity index (χ1n) is 8.70.